The van der Waals surface area contributed by atoms with Crippen molar-refractivity contribution >= 4 is 17.6 Å². The van der Waals surface area contributed by atoms with Crippen LogP contribution >= 0.6 is 11.8 Å². The van der Waals surface area contributed by atoms with E-state index in [4.69, 9.17) is 0 Å². The van der Waals surface area contributed by atoms with E-state index in [1.165, 1.54) is 16.4 Å². The maximum Gasteiger partial charge on any atom is 0.339 e. The number of hydrogen-bond donors (Lipinski definition) is 2. The molecule has 0 unspecified atom stereocenters. The lowest BCUT2D eigenvalue weighted by molar-refractivity contribution is 0.596. The second kappa shape index (κ2) is 5.70. The fourth-order valence-corrected chi connectivity index (χ4v) is 2.23. The van der Waals surface area contributed by atoms with E-state index in [0.29, 0.717) is 5.16 Å². The maximum atomic E-state index is 11.2. The number of hydrogen-bond acceptors (Lipinski definition) is 6. The van der Waals surface area contributed by atoms with E-state index in [-0.39, 0.29) is 0 Å². The lowest BCUT2D eigenvalue weighted by Gasteiger charge is -2.07. The van der Waals surface area contributed by atoms with Gasteiger partial charge >= 0.3 is 11.1 Å². The van der Waals surface area contributed by atoms with Crippen LogP contribution in [0.2, 0.25) is 0 Å². The van der Waals surface area contributed by atoms with Gasteiger partial charge in [0.25, 0.3) is 0 Å². The lowest BCUT2D eigenvalue weighted by atomic mass is 10.4. The van der Waals surface area contributed by atoms with Crippen LogP contribution in [-0.4, -0.2) is 26.3 Å². The molecule has 0 aliphatic carbocycles. The normalized spacial score (nSPS) is 10.4. The predicted octanol–water partition coefficient (Wildman–Crippen LogP) is 0.447. The molecule has 0 aliphatic rings. The second-order valence-electron chi connectivity index (χ2n) is 3.71. The monoisotopic (exact) mass is 279 g/mol. The van der Waals surface area contributed by atoms with E-state index >= 15 is 0 Å². The number of nitrogens with zero attached hydrogens (tertiary/aromatic N) is 3. The van der Waals surface area contributed by atoms with Gasteiger partial charge in [-0.1, -0.05) is 0 Å². The van der Waals surface area contributed by atoms with Gasteiger partial charge in [0.05, 0.1) is 0 Å². The zero-order chi connectivity index (χ0) is 13.8. The molecule has 7 nitrogen and oxygen atoms in total. The Bertz CT molecular complexity index is 694. The zero-order valence-corrected chi connectivity index (χ0v) is 11.3. The third-order valence-corrected chi connectivity index (χ3v) is 3.28. The fraction of sp³-hybridized carbons (Fsp3) is 0.273. The van der Waals surface area contributed by atoms with Crippen LogP contribution in [0.4, 0.5) is 5.82 Å². The van der Waals surface area contributed by atoms with Gasteiger partial charge in [0.15, 0.2) is 5.16 Å². The van der Waals surface area contributed by atoms with Gasteiger partial charge < -0.3 is 5.32 Å². The average Bonchev–Trinajstić information content (AvgIpc) is 2.37. The third kappa shape index (κ3) is 3.22. The zero-order valence-electron chi connectivity index (χ0n) is 10.5. The highest BCUT2D eigenvalue weighted by Crippen LogP contribution is 2.25. The number of pyridine rings is 1. The van der Waals surface area contributed by atoms with Crippen molar-refractivity contribution in [3.63, 3.8) is 0 Å². The van der Waals surface area contributed by atoms with E-state index in [9.17, 15) is 9.59 Å². The first-order valence-corrected chi connectivity index (χ1v) is 6.47. The van der Waals surface area contributed by atoms with Crippen molar-refractivity contribution in [2.24, 2.45) is 7.05 Å². The molecule has 2 N–H and O–H groups in total. The van der Waals surface area contributed by atoms with Gasteiger partial charge in [-0.05, 0) is 30.8 Å². The van der Waals surface area contributed by atoms with Gasteiger partial charge in [-0.2, -0.15) is 4.98 Å². The minimum Gasteiger partial charge on any atom is -0.370 e. The van der Waals surface area contributed by atoms with Gasteiger partial charge in [0.1, 0.15) is 5.82 Å². The number of aryl methyl sites for hydroxylation is 1. The van der Waals surface area contributed by atoms with E-state index in [2.05, 4.69) is 20.4 Å². The summed E-state index contributed by atoms with van der Waals surface area (Å²) in [6.07, 6.45) is 1.67. The Balaban J connectivity index is 2.31. The van der Waals surface area contributed by atoms with Gasteiger partial charge in [0.2, 0.25) is 0 Å². The summed E-state index contributed by atoms with van der Waals surface area (Å²) in [5.74, 6) is 0.752. The fourth-order valence-electron chi connectivity index (χ4n) is 1.41. The first-order chi connectivity index (χ1) is 9.10. The molecule has 0 fully saturated rings. The Kier molecular flexibility index (Phi) is 4.00. The predicted molar refractivity (Wildman–Crippen MR) is 72.6 cm³/mol. The van der Waals surface area contributed by atoms with Crippen LogP contribution in [0, 0.1) is 0 Å². The molecule has 100 valence electrons. The Morgan fingerprint density at radius 1 is 1.47 bits per heavy atom. The second-order valence-corrected chi connectivity index (χ2v) is 4.75. The standard InChI is InChI=1S/C11H13N5O2S/c1-3-12-8-6-7(4-5-13-8)19-11-14-9(17)10(18)15-16(11)2/h4-6H,3H2,1-2H3,(H,12,13)(H,15,18). The minimum absolute atomic E-state index is 0.415. The Morgan fingerprint density at radius 2 is 2.26 bits per heavy atom. The summed E-state index contributed by atoms with van der Waals surface area (Å²) in [6.45, 7) is 2.76. The molecular formula is C11H13N5O2S. The topological polar surface area (TPSA) is 92.7 Å². The van der Waals surface area contributed by atoms with Gasteiger partial charge in [-0.15, -0.1) is 0 Å². The van der Waals surface area contributed by atoms with Crippen LogP contribution in [0.5, 0.6) is 0 Å². The molecule has 0 spiro atoms. The molecule has 2 rings (SSSR count). The number of aromatic nitrogens is 4. The lowest BCUT2D eigenvalue weighted by Crippen LogP contribution is -2.33. The van der Waals surface area contributed by atoms with E-state index in [1.54, 1.807) is 13.2 Å². The van der Waals surface area contributed by atoms with Crippen LogP contribution in [-0.2, 0) is 7.05 Å². The summed E-state index contributed by atoms with van der Waals surface area (Å²) in [4.78, 5) is 31.1. The van der Waals surface area contributed by atoms with Gasteiger partial charge in [-0.25, -0.2) is 4.98 Å². The molecule has 2 aromatic heterocycles. The highest BCUT2D eigenvalue weighted by atomic mass is 32.2. The molecule has 0 atom stereocenters. The summed E-state index contributed by atoms with van der Waals surface area (Å²) in [6, 6.07) is 3.66. The molecular weight excluding hydrogens is 266 g/mol. The van der Waals surface area contributed by atoms with Crippen molar-refractivity contribution in [3.8, 4) is 0 Å². The highest BCUT2D eigenvalue weighted by Gasteiger charge is 2.06. The average molecular weight is 279 g/mol. The maximum absolute atomic E-state index is 11.2. The molecule has 0 aliphatic heterocycles. The highest BCUT2D eigenvalue weighted by molar-refractivity contribution is 7.99. The van der Waals surface area contributed by atoms with Crippen molar-refractivity contribution in [1.82, 2.24) is 19.7 Å². The van der Waals surface area contributed by atoms with Crippen LogP contribution in [0.25, 0.3) is 0 Å². The number of nitrogens with one attached hydrogen (secondary N) is 2. The summed E-state index contributed by atoms with van der Waals surface area (Å²) in [5.41, 5.74) is -1.52. The van der Waals surface area contributed by atoms with Crippen LogP contribution in [0.1, 0.15) is 6.92 Å². The smallest absolute Gasteiger partial charge is 0.339 e. The van der Waals surface area contributed by atoms with Crippen LogP contribution in [0.3, 0.4) is 0 Å². The number of rotatable bonds is 4. The molecule has 0 amide bonds. The minimum atomic E-state index is -0.790. The van der Waals surface area contributed by atoms with Crippen molar-refractivity contribution in [3.05, 3.63) is 39.0 Å². The van der Waals surface area contributed by atoms with Gasteiger partial charge in [0, 0.05) is 24.7 Å². The van der Waals surface area contributed by atoms with Crippen molar-refractivity contribution in [2.75, 3.05) is 11.9 Å². The molecule has 0 aromatic carbocycles. The Morgan fingerprint density at radius 3 is 3.00 bits per heavy atom. The summed E-state index contributed by atoms with van der Waals surface area (Å²) < 4.78 is 1.42. The third-order valence-electron chi connectivity index (χ3n) is 2.25. The van der Waals surface area contributed by atoms with Crippen molar-refractivity contribution in [1.29, 1.82) is 0 Å². The molecule has 0 bridgehead atoms. The first kappa shape index (κ1) is 13.3. The molecule has 0 saturated carbocycles. The molecule has 2 aromatic rings. The van der Waals surface area contributed by atoms with Crippen molar-refractivity contribution < 1.29 is 0 Å². The Labute approximate surface area is 113 Å². The molecule has 0 saturated heterocycles. The molecule has 19 heavy (non-hydrogen) atoms. The van der Waals surface area contributed by atoms with Crippen LogP contribution in [0.15, 0.2) is 38.0 Å². The van der Waals surface area contributed by atoms with Gasteiger partial charge in [-0.3, -0.25) is 19.4 Å². The molecule has 8 heteroatoms. The Hall–Kier alpha value is -2.09. The number of aromatic amines is 1. The quantitative estimate of drug-likeness (QED) is 0.789. The molecule has 2 heterocycles. The van der Waals surface area contributed by atoms with Crippen molar-refractivity contribution in [2.45, 2.75) is 17.0 Å². The number of H-pyrrole nitrogens is 1. The number of anilines is 1. The van der Waals surface area contributed by atoms with E-state index < -0.39 is 11.1 Å². The van der Waals surface area contributed by atoms with Crippen LogP contribution < -0.4 is 16.4 Å². The van der Waals surface area contributed by atoms with E-state index in [1.807, 2.05) is 19.1 Å². The SMILES string of the molecule is CCNc1cc(Sc2nc(=O)c(=O)[nH]n2C)ccn1. The summed E-state index contributed by atoms with van der Waals surface area (Å²) in [5, 5.41) is 5.91. The summed E-state index contributed by atoms with van der Waals surface area (Å²) in [7, 11) is 1.63. The first-order valence-electron chi connectivity index (χ1n) is 5.65. The molecule has 0 radical (unpaired) electrons. The summed E-state index contributed by atoms with van der Waals surface area (Å²) >= 11 is 1.28. The van der Waals surface area contributed by atoms with E-state index in [0.717, 1.165) is 17.3 Å². The largest absolute Gasteiger partial charge is 0.370 e.